The lowest BCUT2D eigenvalue weighted by Crippen LogP contribution is -2.13. The van der Waals surface area contributed by atoms with Crippen LogP contribution in [0.1, 0.15) is 5.69 Å². The average molecular weight is 461 g/mol. The third-order valence-electron chi connectivity index (χ3n) is 4.00. The van der Waals surface area contributed by atoms with E-state index < -0.39 is 34.5 Å². The summed E-state index contributed by atoms with van der Waals surface area (Å²) in [6.45, 7) is 0. The quantitative estimate of drug-likeness (QED) is 0.538. The van der Waals surface area contributed by atoms with Crippen molar-refractivity contribution in [2.45, 2.75) is 11.1 Å². The van der Waals surface area contributed by atoms with E-state index in [9.17, 15) is 30.0 Å². The Hall–Kier alpha value is -2.93. The number of pyridine rings is 1. The first kappa shape index (κ1) is 21.8. The Morgan fingerprint density at radius 2 is 1.63 bits per heavy atom. The molecule has 0 saturated heterocycles. The Kier molecular flexibility index (Phi) is 5.37. The number of benzene rings is 1. The molecule has 0 bridgehead atoms. The standard InChI is InChI=1S/C17H14F3N3O5S2/c1-28-15-8-3-11(9-21-15)16-22-14(17(18,19)20)10-23(16)12-4-6-13(7-5-12)30(26,27)29(2,24)25/h3-10H,1-2H3. The maximum Gasteiger partial charge on any atom is 0.434 e. The molecular formula is C17H14F3N3O5S2. The Bertz CT molecular complexity index is 1280. The van der Waals surface area contributed by atoms with Gasteiger partial charge in [0.1, 0.15) is 5.82 Å². The van der Waals surface area contributed by atoms with Crippen molar-refractivity contribution in [3.63, 3.8) is 0 Å². The van der Waals surface area contributed by atoms with E-state index >= 15 is 0 Å². The van der Waals surface area contributed by atoms with Gasteiger partial charge in [0.2, 0.25) is 5.88 Å². The molecule has 0 unspecified atom stereocenters. The fraction of sp³-hybridized carbons (Fsp3) is 0.176. The van der Waals surface area contributed by atoms with Crippen LogP contribution in [0, 0.1) is 0 Å². The van der Waals surface area contributed by atoms with Crippen LogP contribution in [0.4, 0.5) is 13.2 Å². The van der Waals surface area contributed by atoms with Gasteiger partial charge in [0, 0.05) is 29.7 Å². The summed E-state index contributed by atoms with van der Waals surface area (Å²) < 4.78 is 92.7. The average Bonchev–Trinajstić information content (AvgIpc) is 3.13. The number of alkyl halides is 3. The minimum atomic E-state index is -4.72. The molecule has 0 aliphatic carbocycles. The number of ether oxygens (including phenoxy) is 1. The molecular weight excluding hydrogens is 447 g/mol. The molecule has 0 aliphatic rings. The van der Waals surface area contributed by atoms with Gasteiger partial charge in [0.25, 0.3) is 17.7 Å². The van der Waals surface area contributed by atoms with Crippen LogP contribution in [0.15, 0.2) is 53.7 Å². The SMILES string of the molecule is COc1ccc(-c2nc(C(F)(F)F)cn2-c2ccc(S(=O)(=O)S(C)(=O)=O)cc2)cn1. The number of methoxy groups -OCH3 is 1. The summed E-state index contributed by atoms with van der Waals surface area (Å²) in [7, 11) is -7.66. The van der Waals surface area contributed by atoms with Crippen LogP contribution in [0.25, 0.3) is 17.1 Å². The van der Waals surface area contributed by atoms with Gasteiger partial charge in [-0.15, -0.1) is 0 Å². The summed E-state index contributed by atoms with van der Waals surface area (Å²) in [6.07, 6.45) is -2.14. The van der Waals surface area contributed by atoms with Crippen molar-refractivity contribution in [1.82, 2.24) is 14.5 Å². The van der Waals surface area contributed by atoms with Crippen LogP contribution < -0.4 is 4.74 Å². The topological polar surface area (TPSA) is 108 Å². The number of imidazole rings is 1. The van der Waals surface area contributed by atoms with E-state index in [1.165, 1.54) is 37.6 Å². The number of hydrogen-bond donors (Lipinski definition) is 0. The fourth-order valence-electron chi connectivity index (χ4n) is 2.50. The highest BCUT2D eigenvalue weighted by Gasteiger charge is 2.35. The number of rotatable bonds is 5. The fourth-order valence-corrected chi connectivity index (χ4v) is 4.70. The molecule has 0 atom stereocenters. The lowest BCUT2D eigenvalue weighted by molar-refractivity contribution is -0.140. The molecule has 0 aliphatic heterocycles. The van der Waals surface area contributed by atoms with E-state index in [-0.39, 0.29) is 23.0 Å². The van der Waals surface area contributed by atoms with Crippen molar-refractivity contribution in [2.75, 3.05) is 13.4 Å². The van der Waals surface area contributed by atoms with E-state index in [2.05, 4.69) is 9.97 Å². The van der Waals surface area contributed by atoms with E-state index in [0.29, 0.717) is 6.26 Å². The summed E-state index contributed by atoms with van der Waals surface area (Å²) in [4.78, 5) is 7.09. The molecule has 3 rings (SSSR count). The summed E-state index contributed by atoms with van der Waals surface area (Å²) in [5.74, 6) is 0.152. The summed E-state index contributed by atoms with van der Waals surface area (Å²) >= 11 is 0. The molecule has 30 heavy (non-hydrogen) atoms. The van der Waals surface area contributed by atoms with Crippen molar-refractivity contribution >= 4 is 17.7 Å². The summed E-state index contributed by atoms with van der Waals surface area (Å²) in [5, 5.41) is 0. The number of halogens is 3. The second kappa shape index (κ2) is 7.40. The first-order chi connectivity index (χ1) is 13.8. The highest BCUT2D eigenvalue weighted by atomic mass is 33.2. The van der Waals surface area contributed by atoms with Crippen LogP contribution in [0.5, 0.6) is 5.88 Å². The monoisotopic (exact) mass is 461 g/mol. The highest BCUT2D eigenvalue weighted by molar-refractivity contribution is 8.66. The third kappa shape index (κ3) is 4.03. The molecule has 8 nitrogen and oxygen atoms in total. The molecule has 0 radical (unpaired) electrons. The predicted molar refractivity (Wildman–Crippen MR) is 100 cm³/mol. The molecule has 0 fully saturated rings. The lowest BCUT2D eigenvalue weighted by Gasteiger charge is -2.09. The van der Waals surface area contributed by atoms with Gasteiger partial charge in [0.15, 0.2) is 5.69 Å². The zero-order chi connectivity index (χ0) is 22.3. The van der Waals surface area contributed by atoms with Crippen LogP contribution in [0.2, 0.25) is 0 Å². The number of hydrogen-bond acceptors (Lipinski definition) is 7. The van der Waals surface area contributed by atoms with Crippen LogP contribution in [0.3, 0.4) is 0 Å². The maximum atomic E-state index is 13.2. The van der Waals surface area contributed by atoms with Crippen LogP contribution in [-0.4, -0.2) is 44.7 Å². The van der Waals surface area contributed by atoms with Crippen LogP contribution in [-0.2, 0) is 23.9 Å². The molecule has 0 saturated carbocycles. The number of nitrogens with zero attached hydrogens (tertiary/aromatic N) is 3. The van der Waals surface area contributed by atoms with Crippen LogP contribution >= 0.6 is 0 Å². The number of aromatic nitrogens is 3. The molecule has 160 valence electrons. The van der Waals surface area contributed by atoms with Gasteiger partial charge in [-0.3, -0.25) is 4.57 Å². The Balaban J connectivity index is 2.14. The Morgan fingerprint density at radius 3 is 2.10 bits per heavy atom. The molecule has 0 spiro atoms. The molecule has 0 N–H and O–H groups in total. The maximum absolute atomic E-state index is 13.2. The summed E-state index contributed by atoms with van der Waals surface area (Å²) in [6, 6.07) is 7.27. The van der Waals surface area contributed by atoms with Gasteiger partial charge in [-0.1, -0.05) is 0 Å². The zero-order valence-electron chi connectivity index (χ0n) is 15.5. The van der Waals surface area contributed by atoms with Crippen molar-refractivity contribution in [2.24, 2.45) is 0 Å². The van der Waals surface area contributed by atoms with Crippen molar-refractivity contribution < 1.29 is 34.7 Å². The smallest absolute Gasteiger partial charge is 0.434 e. The first-order valence-electron chi connectivity index (χ1n) is 8.07. The molecule has 2 aromatic heterocycles. The first-order valence-corrected chi connectivity index (χ1v) is 12.0. The van der Waals surface area contributed by atoms with Gasteiger partial charge in [-0.05, 0) is 30.3 Å². The third-order valence-corrected chi connectivity index (χ3v) is 8.62. The van der Waals surface area contributed by atoms with Crippen molar-refractivity contribution in [1.29, 1.82) is 0 Å². The van der Waals surface area contributed by atoms with Gasteiger partial charge in [-0.2, -0.15) is 13.2 Å². The second-order valence-electron chi connectivity index (χ2n) is 6.06. The van der Waals surface area contributed by atoms with E-state index in [1.54, 1.807) is 0 Å². The Labute approximate surface area is 169 Å². The minimum absolute atomic E-state index is 0.101. The van der Waals surface area contributed by atoms with Crippen molar-refractivity contribution in [3.05, 3.63) is 54.5 Å². The molecule has 0 amide bonds. The molecule has 1 aromatic carbocycles. The second-order valence-corrected chi connectivity index (χ2v) is 12.0. The Morgan fingerprint density at radius 1 is 1.00 bits per heavy atom. The van der Waals surface area contributed by atoms with E-state index in [0.717, 1.165) is 22.9 Å². The molecule has 2 heterocycles. The molecule has 3 aromatic rings. The van der Waals surface area contributed by atoms with Gasteiger partial charge in [-0.25, -0.2) is 26.8 Å². The summed E-state index contributed by atoms with van der Waals surface area (Å²) in [5.41, 5.74) is -0.781. The lowest BCUT2D eigenvalue weighted by atomic mass is 10.2. The van der Waals surface area contributed by atoms with Gasteiger partial charge < -0.3 is 4.74 Å². The van der Waals surface area contributed by atoms with Crippen molar-refractivity contribution in [3.8, 4) is 23.0 Å². The highest BCUT2D eigenvalue weighted by Crippen LogP contribution is 2.33. The van der Waals surface area contributed by atoms with E-state index in [4.69, 9.17) is 4.74 Å². The van der Waals surface area contributed by atoms with E-state index in [1.807, 2.05) is 0 Å². The largest absolute Gasteiger partial charge is 0.481 e. The minimum Gasteiger partial charge on any atom is -0.481 e. The normalized spacial score (nSPS) is 12.7. The predicted octanol–water partition coefficient (Wildman–Crippen LogP) is 2.70. The molecule has 13 heteroatoms. The van der Waals surface area contributed by atoms with Gasteiger partial charge in [0.05, 0.1) is 18.3 Å². The van der Waals surface area contributed by atoms with Gasteiger partial charge >= 0.3 is 6.18 Å². The zero-order valence-corrected chi connectivity index (χ0v) is 17.1.